The smallest absolute Gasteiger partial charge is 0.311 e. The molecule has 8 atom stereocenters. The average Bonchev–Trinajstić information content (AvgIpc) is 2.66. The van der Waals surface area contributed by atoms with Crippen molar-refractivity contribution < 1.29 is 24.5 Å². The van der Waals surface area contributed by atoms with E-state index in [9.17, 15) is 15.0 Å². The van der Waals surface area contributed by atoms with E-state index in [-0.39, 0.29) is 30.5 Å². The van der Waals surface area contributed by atoms with Crippen LogP contribution in [0.2, 0.25) is 0 Å². The summed E-state index contributed by atoms with van der Waals surface area (Å²) in [6.45, 7) is 10.4. The molecule has 2 N–H and O–H groups in total. The highest BCUT2D eigenvalue weighted by Gasteiger charge is 2.43. The van der Waals surface area contributed by atoms with E-state index in [0.717, 1.165) is 25.7 Å². The van der Waals surface area contributed by atoms with Gasteiger partial charge in [0.15, 0.2) is 6.29 Å². The molecule has 5 nitrogen and oxygen atoms in total. The van der Waals surface area contributed by atoms with Crippen LogP contribution < -0.4 is 0 Å². The lowest BCUT2D eigenvalue weighted by molar-refractivity contribution is -0.191. The third-order valence-electron chi connectivity index (χ3n) is 7.47. The van der Waals surface area contributed by atoms with Crippen molar-refractivity contribution in [3.63, 3.8) is 0 Å². The number of rotatable bonds is 6. The minimum atomic E-state index is -0.876. The molecule has 0 aromatic carbocycles. The highest BCUT2D eigenvalue weighted by Crippen LogP contribution is 2.45. The van der Waals surface area contributed by atoms with Gasteiger partial charge >= 0.3 is 5.97 Å². The Balaban J connectivity index is 1.75. The van der Waals surface area contributed by atoms with Crippen molar-refractivity contribution in [3.8, 4) is 0 Å². The molecule has 30 heavy (non-hydrogen) atoms. The molecular formula is C25H40O5. The standard InChI is InChI=1S/C25H40O5/c1-6-25(4,5)24(28)30-21-12-15(2)11-17-8-7-16(3)20(23(17)21)10-9-19-13-18(26)14-22(27)29-19/h7-8,11,15-16,18-23,26-27H,6,9-10,12-14H2,1-5H3. The van der Waals surface area contributed by atoms with Gasteiger partial charge in [-0.2, -0.15) is 0 Å². The third-order valence-corrected chi connectivity index (χ3v) is 7.47. The van der Waals surface area contributed by atoms with Gasteiger partial charge in [-0.1, -0.05) is 39.0 Å². The Morgan fingerprint density at radius 1 is 1.20 bits per heavy atom. The fraction of sp³-hybridized carbons (Fsp3) is 0.800. The van der Waals surface area contributed by atoms with Crippen LogP contribution in [-0.4, -0.2) is 40.8 Å². The molecule has 1 heterocycles. The maximum absolute atomic E-state index is 12.9. The summed E-state index contributed by atoms with van der Waals surface area (Å²) in [4.78, 5) is 12.9. The van der Waals surface area contributed by atoms with Crippen molar-refractivity contribution >= 4 is 5.97 Å². The molecule has 0 aromatic heterocycles. The van der Waals surface area contributed by atoms with Gasteiger partial charge in [0.05, 0.1) is 17.6 Å². The summed E-state index contributed by atoms with van der Waals surface area (Å²) >= 11 is 0. The minimum Gasteiger partial charge on any atom is -0.461 e. The molecule has 0 amide bonds. The molecule has 170 valence electrons. The van der Waals surface area contributed by atoms with Gasteiger partial charge in [-0.15, -0.1) is 0 Å². The van der Waals surface area contributed by atoms with Gasteiger partial charge in [0.25, 0.3) is 0 Å². The van der Waals surface area contributed by atoms with E-state index in [2.05, 4.69) is 32.1 Å². The van der Waals surface area contributed by atoms with Crippen molar-refractivity contribution in [2.45, 2.75) is 97.7 Å². The molecule has 0 aromatic rings. The van der Waals surface area contributed by atoms with E-state index in [1.807, 2.05) is 20.8 Å². The molecule has 1 fully saturated rings. The van der Waals surface area contributed by atoms with Crippen molar-refractivity contribution in [3.05, 3.63) is 23.8 Å². The zero-order valence-electron chi connectivity index (χ0n) is 19.2. The van der Waals surface area contributed by atoms with Crippen LogP contribution in [-0.2, 0) is 14.3 Å². The molecular weight excluding hydrogens is 380 g/mol. The lowest BCUT2D eigenvalue weighted by atomic mass is 9.65. The van der Waals surface area contributed by atoms with Gasteiger partial charge in [0.1, 0.15) is 6.10 Å². The predicted octanol–water partition coefficient (Wildman–Crippen LogP) is 4.38. The number of hydrogen-bond donors (Lipinski definition) is 2. The first-order valence-corrected chi connectivity index (χ1v) is 11.7. The Labute approximate surface area is 181 Å². The molecule has 1 aliphatic heterocycles. The minimum absolute atomic E-state index is 0.105. The summed E-state index contributed by atoms with van der Waals surface area (Å²) in [5.74, 6) is 1.18. The summed E-state index contributed by atoms with van der Waals surface area (Å²) in [6.07, 6.45) is 9.38. The lowest BCUT2D eigenvalue weighted by Gasteiger charge is -2.44. The van der Waals surface area contributed by atoms with Crippen LogP contribution in [0.4, 0.5) is 0 Å². The van der Waals surface area contributed by atoms with Gasteiger partial charge in [-0.05, 0) is 69.3 Å². The normalized spacial score (nSPS) is 39.2. The Morgan fingerprint density at radius 2 is 1.93 bits per heavy atom. The molecule has 0 bridgehead atoms. The van der Waals surface area contributed by atoms with Crippen molar-refractivity contribution in [2.24, 2.45) is 29.1 Å². The van der Waals surface area contributed by atoms with Crippen LogP contribution in [0.5, 0.6) is 0 Å². The number of hydrogen-bond acceptors (Lipinski definition) is 5. The van der Waals surface area contributed by atoms with Crippen LogP contribution in [0.15, 0.2) is 23.8 Å². The Kier molecular flexibility index (Phi) is 7.47. The van der Waals surface area contributed by atoms with Crippen LogP contribution in [0.1, 0.15) is 73.1 Å². The molecule has 0 saturated carbocycles. The monoisotopic (exact) mass is 420 g/mol. The Morgan fingerprint density at radius 3 is 2.60 bits per heavy atom. The van der Waals surface area contributed by atoms with E-state index in [0.29, 0.717) is 24.2 Å². The highest BCUT2D eigenvalue weighted by molar-refractivity contribution is 5.76. The summed E-state index contributed by atoms with van der Waals surface area (Å²) in [6, 6.07) is 0. The summed E-state index contributed by atoms with van der Waals surface area (Å²) in [5, 5.41) is 19.8. The van der Waals surface area contributed by atoms with Gasteiger partial charge in [0, 0.05) is 12.3 Å². The number of aliphatic hydroxyl groups is 2. The van der Waals surface area contributed by atoms with Crippen molar-refractivity contribution in [2.75, 3.05) is 0 Å². The average molecular weight is 421 g/mol. The number of carbonyl (C=O) groups is 1. The molecule has 1 saturated heterocycles. The van der Waals surface area contributed by atoms with E-state index in [4.69, 9.17) is 9.47 Å². The number of fused-ring (bicyclic) bond motifs is 1. The van der Waals surface area contributed by atoms with Crippen LogP contribution in [0.3, 0.4) is 0 Å². The zero-order valence-corrected chi connectivity index (χ0v) is 19.2. The number of aliphatic hydroxyl groups excluding tert-OH is 2. The summed E-state index contributed by atoms with van der Waals surface area (Å²) in [7, 11) is 0. The fourth-order valence-electron chi connectivity index (χ4n) is 5.19. The number of allylic oxidation sites excluding steroid dienone is 3. The largest absolute Gasteiger partial charge is 0.461 e. The molecule has 0 radical (unpaired) electrons. The van der Waals surface area contributed by atoms with Crippen molar-refractivity contribution in [1.82, 2.24) is 0 Å². The first-order chi connectivity index (χ1) is 14.1. The number of carbonyl (C=O) groups excluding carboxylic acids is 1. The summed E-state index contributed by atoms with van der Waals surface area (Å²) < 4.78 is 11.8. The second kappa shape index (κ2) is 9.54. The van der Waals surface area contributed by atoms with Crippen LogP contribution in [0.25, 0.3) is 0 Å². The quantitative estimate of drug-likeness (QED) is 0.624. The molecule has 3 rings (SSSR count). The maximum atomic E-state index is 12.9. The molecule has 8 unspecified atom stereocenters. The van der Waals surface area contributed by atoms with E-state index in [1.165, 1.54) is 5.57 Å². The van der Waals surface area contributed by atoms with Crippen LogP contribution in [0, 0.1) is 29.1 Å². The van der Waals surface area contributed by atoms with E-state index in [1.54, 1.807) is 0 Å². The molecule has 3 aliphatic rings. The van der Waals surface area contributed by atoms with E-state index >= 15 is 0 Å². The fourth-order valence-corrected chi connectivity index (χ4v) is 5.19. The van der Waals surface area contributed by atoms with Gasteiger partial charge in [0.2, 0.25) is 0 Å². The summed E-state index contributed by atoms with van der Waals surface area (Å²) in [5.41, 5.74) is 0.812. The Hall–Kier alpha value is -1.17. The van der Waals surface area contributed by atoms with Crippen LogP contribution >= 0.6 is 0 Å². The molecule has 2 aliphatic carbocycles. The second-order valence-corrected chi connectivity index (χ2v) is 10.4. The first-order valence-electron chi connectivity index (χ1n) is 11.7. The third kappa shape index (κ3) is 5.35. The predicted molar refractivity (Wildman–Crippen MR) is 116 cm³/mol. The first kappa shape index (κ1) is 23.5. The van der Waals surface area contributed by atoms with Gasteiger partial charge in [-0.25, -0.2) is 0 Å². The maximum Gasteiger partial charge on any atom is 0.311 e. The number of ether oxygens (including phenoxy) is 2. The topological polar surface area (TPSA) is 76.0 Å². The highest BCUT2D eigenvalue weighted by atomic mass is 16.6. The van der Waals surface area contributed by atoms with Gasteiger partial charge < -0.3 is 19.7 Å². The second-order valence-electron chi connectivity index (χ2n) is 10.4. The molecule has 0 spiro atoms. The SMILES string of the molecule is CCC(C)(C)C(=O)OC1CC(C)C=C2C=CC(C)C(CCC3CC(O)CC(O)O3)C21. The Bertz CT molecular complexity index is 656. The van der Waals surface area contributed by atoms with Gasteiger partial charge in [-0.3, -0.25) is 4.79 Å². The zero-order chi connectivity index (χ0) is 22.1. The lowest BCUT2D eigenvalue weighted by Crippen LogP contribution is -2.43. The number of esters is 1. The molecule has 5 heteroatoms. The van der Waals surface area contributed by atoms with Crippen molar-refractivity contribution in [1.29, 1.82) is 0 Å². The van der Waals surface area contributed by atoms with E-state index < -0.39 is 17.8 Å².